The number of ether oxygens (including phenoxy) is 1. The van der Waals surface area contributed by atoms with Crippen molar-refractivity contribution in [1.82, 2.24) is 10.2 Å². The van der Waals surface area contributed by atoms with Crippen molar-refractivity contribution >= 4 is 32.5 Å². The molecule has 38 heavy (non-hydrogen) atoms. The van der Waals surface area contributed by atoms with Gasteiger partial charge in [0.2, 0.25) is 5.88 Å². The molecule has 0 spiro atoms. The SMILES string of the molecule is FC(F)(F)c1cccc(Oc2nnc(-c3cc4ccccc4o3)c3cc4ccccc4cc23)c1C(F)(F)F. The van der Waals surface area contributed by atoms with Crippen LogP contribution in [0.1, 0.15) is 11.1 Å². The standard InChI is InChI=1S/C28H14F6N2O2/c29-27(30,31)20-9-5-11-22(24(20)28(32,33)34)38-26-19-13-16-7-2-1-6-15(16)12-18(19)25(35-36-26)23-14-17-8-3-4-10-21(17)37-23/h1-14H. The lowest BCUT2D eigenvalue weighted by atomic mass is 10.0. The van der Waals surface area contributed by atoms with Gasteiger partial charge in [-0.05, 0) is 47.2 Å². The molecular weight excluding hydrogens is 510 g/mol. The van der Waals surface area contributed by atoms with E-state index in [0.29, 0.717) is 33.9 Å². The van der Waals surface area contributed by atoms with Gasteiger partial charge in [-0.1, -0.05) is 48.5 Å². The van der Waals surface area contributed by atoms with Gasteiger partial charge < -0.3 is 9.15 Å². The zero-order valence-electron chi connectivity index (χ0n) is 19.1. The molecule has 4 nitrogen and oxygen atoms in total. The second kappa shape index (κ2) is 8.47. The van der Waals surface area contributed by atoms with Crippen molar-refractivity contribution in [1.29, 1.82) is 0 Å². The predicted molar refractivity (Wildman–Crippen MR) is 129 cm³/mol. The van der Waals surface area contributed by atoms with Gasteiger partial charge in [0.1, 0.15) is 22.6 Å². The van der Waals surface area contributed by atoms with Gasteiger partial charge in [0.15, 0.2) is 5.76 Å². The Balaban J connectivity index is 1.59. The number of rotatable bonds is 3. The maximum atomic E-state index is 13.8. The first-order chi connectivity index (χ1) is 18.1. The molecule has 0 bridgehead atoms. The van der Waals surface area contributed by atoms with E-state index in [0.717, 1.165) is 22.9 Å². The second-order valence-electron chi connectivity index (χ2n) is 8.52. The van der Waals surface area contributed by atoms with E-state index in [1.165, 1.54) is 0 Å². The summed E-state index contributed by atoms with van der Waals surface area (Å²) in [5, 5.41) is 11.2. The lowest BCUT2D eigenvalue weighted by Crippen LogP contribution is -2.17. The van der Waals surface area contributed by atoms with Crippen molar-refractivity contribution in [2.24, 2.45) is 0 Å². The molecule has 6 aromatic rings. The molecule has 0 N–H and O–H groups in total. The highest BCUT2D eigenvalue weighted by Crippen LogP contribution is 2.46. The number of hydrogen-bond donors (Lipinski definition) is 0. The van der Waals surface area contributed by atoms with Gasteiger partial charge >= 0.3 is 12.4 Å². The van der Waals surface area contributed by atoms with Crippen LogP contribution in [0.15, 0.2) is 89.3 Å². The van der Waals surface area contributed by atoms with Crippen LogP contribution in [0.5, 0.6) is 11.6 Å². The minimum Gasteiger partial charge on any atom is -0.454 e. The van der Waals surface area contributed by atoms with Crippen LogP contribution in [-0.2, 0) is 12.4 Å². The van der Waals surface area contributed by atoms with E-state index < -0.39 is 29.2 Å². The summed E-state index contributed by atoms with van der Waals surface area (Å²) in [6.45, 7) is 0. The normalized spacial score (nSPS) is 12.5. The molecule has 0 aliphatic carbocycles. The zero-order chi connectivity index (χ0) is 26.7. The van der Waals surface area contributed by atoms with Gasteiger partial charge in [-0.3, -0.25) is 0 Å². The number of para-hydroxylation sites is 1. The topological polar surface area (TPSA) is 48.2 Å². The predicted octanol–water partition coefficient (Wildman–Crippen LogP) is 9.03. The van der Waals surface area contributed by atoms with E-state index in [2.05, 4.69) is 10.2 Å². The van der Waals surface area contributed by atoms with Crippen LogP contribution in [0.4, 0.5) is 26.3 Å². The third-order valence-electron chi connectivity index (χ3n) is 6.09. The fourth-order valence-electron chi connectivity index (χ4n) is 4.42. The maximum absolute atomic E-state index is 13.8. The molecule has 4 aromatic carbocycles. The van der Waals surface area contributed by atoms with E-state index in [1.807, 2.05) is 24.3 Å². The van der Waals surface area contributed by atoms with Crippen LogP contribution in [0, 0.1) is 0 Å². The molecule has 2 aromatic heterocycles. The molecule has 0 amide bonds. The van der Waals surface area contributed by atoms with E-state index in [9.17, 15) is 26.3 Å². The Bertz CT molecular complexity index is 1810. The molecule has 0 saturated heterocycles. The highest BCUT2D eigenvalue weighted by molar-refractivity contribution is 6.05. The summed E-state index contributed by atoms with van der Waals surface area (Å²) in [6, 6.07) is 21.6. The summed E-state index contributed by atoms with van der Waals surface area (Å²) in [5.74, 6) is -1.05. The number of nitrogens with zero attached hydrogens (tertiary/aromatic N) is 2. The molecule has 6 rings (SSSR count). The average Bonchev–Trinajstić information content (AvgIpc) is 3.30. The van der Waals surface area contributed by atoms with E-state index in [1.54, 1.807) is 42.5 Å². The lowest BCUT2D eigenvalue weighted by molar-refractivity contribution is -0.162. The monoisotopic (exact) mass is 524 g/mol. The van der Waals surface area contributed by atoms with Crippen LogP contribution in [0.2, 0.25) is 0 Å². The van der Waals surface area contributed by atoms with Crippen molar-refractivity contribution in [3.05, 3.63) is 96.1 Å². The Hall–Kier alpha value is -4.60. The highest BCUT2D eigenvalue weighted by Gasteiger charge is 2.45. The molecule has 10 heteroatoms. The number of hydrogen-bond acceptors (Lipinski definition) is 4. The smallest absolute Gasteiger partial charge is 0.420 e. The molecule has 0 atom stereocenters. The quantitative estimate of drug-likeness (QED) is 0.171. The number of alkyl halides is 6. The Morgan fingerprint density at radius 1 is 0.632 bits per heavy atom. The van der Waals surface area contributed by atoms with Gasteiger partial charge in [-0.2, -0.15) is 26.3 Å². The van der Waals surface area contributed by atoms with Crippen LogP contribution in [0.3, 0.4) is 0 Å². The van der Waals surface area contributed by atoms with Crippen LogP contribution in [0.25, 0.3) is 44.0 Å². The van der Waals surface area contributed by atoms with Gasteiger partial charge in [-0.15, -0.1) is 10.2 Å². The maximum Gasteiger partial charge on any atom is 0.420 e. The molecule has 0 aliphatic rings. The molecular formula is C28H14F6N2O2. The molecule has 2 heterocycles. The molecule has 0 radical (unpaired) electrons. The van der Waals surface area contributed by atoms with E-state index in [4.69, 9.17) is 9.15 Å². The average molecular weight is 524 g/mol. The van der Waals surface area contributed by atoms with Gasteiger partial charge in [0.05, 0.1) is 5.56 Å². The summed E-state index contributed by atoms with van der Waals surface area (Å²) in [4.78, 5) is 0. The Kier molecular flexibility index (Phi) is 5.30. The van der Waals surface area contributed by atoms with Crippen LogP contribution < -0.4 is 4.74 Å². The van der Waals surface area contributed by atoms with Gasteiger partial charge in [0.25, 0.3) is 0 Å². The van der Waals surface area contributed by atoms with Crippen molar-refractivity contribution in [3.63, 3.8) is 0 Å². The number of fused-ring (bicyclic) bond motifs is 3. The van der Waals surface area contributed by atoms with E-state index >= 15 is 0 Å². The van der Waals surface area contributed by atoms with Crippen molar-refractivity contribution in [2.75, 3.05) is 0 Å². The third kappa shape index (κ3) is 4.07. The summed E-state index contributed by atoms with van der Waals surface area (Å²) in [5.41, 5.74) is -2.90. The first-order valence-electron chi connectivity index (χ1n) is 11.2. The summed E-state index contributed by atoms with van der Waals surface area (Å²) < 4.78 is 93.2. The molecule has 190 valence electrons. The first kappa shape index (κ1) is 23.8. The number of halogens is 6. The van der Waals surface area contributed by atoms with E-state index in [-0.39, 0.29) is 11.3 Å². The Labute approximate surface area is 210 Å². The van der Waals surface area contributed by atoms with Gasteiger partial charge in [-0.25, -0.2) is 0 Å². The van der Waals surface area contributed by atoms with Gasteiger partial charge in [0, 0.05) is 16.2 Å². The fourth-order valence-corrected chi connectivity index (χ4v) is 4.42. The minimum absolute atomic E-state index is 0.250. The first-order valence-corrected chi connectivity index (χ1v) is 11.2. The Morgan fingerprint density at radius 2 is 1.29 bits per heavy atom. The van der Waals surface area contributed by atoms with Crippen LogP contribution in [-0.4, -0.2) is 10.2 Å². The fraction of sp³-hybridized carbons (Fsp3) is 0.0714. The zero-order valence-corrected chi connectivity index (χ0v) is 19.1. The second-order valence-corrected chi connectivity index (χ2v) is 8.52. The van der Waals surface area contributed by atoms with Crippen molar-refractivity contribution in [2.45, 2.75) is 12.4 Å². The summed E-state index contributed by atoms with van der Waals surface area (Å²) in [6.07, 6.45) is -10.6. The molecule has 0 unspecified atom stereocenters. The number of furan rings is 1. The molecule has 0 aliphatic heterocycles. The largest absolute Gasteiger partial charge is 0.454 e. The Morgan fingerprint density at radius 3 is 1.95 bits per heavy atom. The van der Waals surface area contributed by atoms with Crippen LogP contribution >= 0.6 is 0 Å². The van der Waals surface area contributed by atoms with Crippen molar-refractivity contribution in [3.8, 4) is 23.1 Å². The number of benzene rings is 4. The lowest BCUT2D eigenvalue weighted by Gasteiger charge is -2.19. The number of aromatic nitrogens is 2. The molecule has 0 saturated carbocycles. The molecule has 0 fully saturated rings. The summed E-state index contributed by atoms with van der Waals surface area (Å²) >= 11 is 0. The highest BCUT2D eigenvalue weighted by atomic mass is 19.4. The van der Waals surface area contributed by atoms with Crippen molar-refractivity contribution < 1.29 is 35.5 Å². The summed E-state index contributed by atoms with van der Waals surface area (Å²) in [7, 11) is 0. The minimum atomic E-state index is -5.34. The third-order valence-corrected chi connectivity index (χ3v) is 6.09.